The number of hydrogen-bond donors (Lipinski definition) is 1. The van der Waals surface area contributed by atoms with Crippen molar-refractivity contribution in [1.29, 1.82) is 0 Å². The Labute approximate surface area is 65.0 Å². The lowest BCUT2D eigenvalue weighted by atomic mass is 10.4. The standard InChI is InChI=1S/C7H13OP2/c1-9-6-7(8)4-5-10(2)3/h4-5,7-8H,1-2,6H2,3H3/q+1. The molecule has 0 heterocycles. The topological polar surface area (TPSA) is 20.2 Å². The van der Waals surface area contributed by atoms with Crippen LogP contribution in [0, 0.1) is 0 Å². The first-order valence-electron chi connectivity index (χ1n) is 2.99. The molecule has 3 heteroatoms. The summed E-state index contributed by atoms with van der Waals surface area (Å²) in [5.41, 5.74) is 0. The van der Waals surface area contributed by atoms with Crippen LogP contribution >= 0.6 is 15.7 Å². The minimum Gasteiger partial charge on any atom is -0.388 e. The summed E-state index contributed by atoms with van der Waals surface area (Å²) in [6.45, 7) is 2.04. The first-order chi connectivity index (χ1) is 4.66. The predicted octanol–water partition coefficient (Wildman–Crippen LogP) is 1.78. The molecule has 1 nitrogen and oxygen atoms in total. The maximum Gasteiger partial charge on any atom is 0.113 e. The van der Waals surface area contributed by atoms with Gasteiger partial charge in [-0.25, -0.2) is 0 Å². The maximum atomic E-state index is 9.15. The molecule has 0 rings (SSSR count). The minimum absolute atomic E-state index is 0.258. The SMILES string of the molecule is C=PCC(O)C=C[P+](=C)C. The number of aliphatic hydroxyl groups excluding tert-OH is 1. The quantitative estimate of drug-likeness (QED) is 0.645. The van der Waals surface area contributed by atoms with E-state index in [2.05, 4.69) is 12.6 Å². The lowest BCUT2D eigenvalue weighted by Crippen LogP contribution is -2.02. The van der Waals surface area contributed by atoms with Crippen molar-refractivity contribution in [3.63, 3.8) is 0 Å². The van der Waals surface area contributed by atoms with E-state index in [9.17, 15) is 0 Å². The molecule has 0 fully saturated rings. The first kappa shape index (κ1) is 10.0. The first-order valence-corrected chi connectivity index (χ1v) is 6.30. The zero-order chi connectivity index (χ0) is 7.98. The Morgan fingerprint density at radius 3 is 2.80 bits per heavy atom. The van der Waals surface area contributed by atoms with E-state index in [1.807, 2.05) is 12.5 Å². The Morgan fingerprint density at radius 2 is 2.40 bits per heavy atom. The third-order valence-electron chi connectivity index (χ3n) is 0.879. The van der Waals surface area contributed by atoms with Crippen LogP contribution in [0.2, 0.25) is 0 Å². The molecule has 0 aromatic rings. The second kappa shape index (κ2) is 5.80. The van der Waals surface area contributed by atoms with Crippen LogP contribution < -0.4 is 0 Å². The highest BCUT2D eigenvalue weighted by Gasteiger charge is 1.96. The molecule has 0 radical (unpaired) electrons. The average Bonchev–Trinajstić information content (AvgIpc) is 1.85. The van der Waals surface area contributed by atoms with Gasteiger partial charge in [-0.2, -0.15) is 0 Å². The lowest BCUT2D eigenvalue weighted by molar-refractivity contribution is 0.248. The Morgan fingerprint density at radius 1 is 1.80 bits per heavy atom. The van der Waals surface area contributed by atoms with Gasteiger partial charge in [0.05, 0.1) is 12.4 Å². The molecule has 0 aliphatic heterocycles. The third kappa shape index (κ3) is 6.16. The minimum atomic E-state index is -0.328. The van der Waals surface area contributed by atoms with Crippen LogP contribution in [0.25, 0.3) is 0 Å². The summed E-state index contributed by atoms with van der Waals surface area (Å²) in [6.07, 6.45) is 9.64. The summed E-state index contributed by atoms with van der Waals surface area (Å²) in [7, 11) is 0.729. The molecule has 0 saturated carbocycles. The average molecular weight is 175 g/mol. The summed E-state index contributed by atoms with van der Waals surface area (Å²) in [5.74, 6) is 1.96. The van der Waals surface area contributed by atoms with Crippen LogP contribution in [0.15, 0.2) is 11.9 Å². The van der Waals surface area contributed by atoms with E-state index in [1.54, 1.807) is 6.08 Å². The van der Waals surface area contributed by atoms with E-state index < -0.39 is 0 Å². The van der Waals surface area contributed by atoms with Crippen LogP contribution in [-0.4, -0.2) is 36.6 Å². The Hall–Kier alpha value is 0.0400. The van der Waals surface area contributed by atoms with E-state index in [0.29, 0.717) is 0 Å². The maximum absolute atomic E-state index is 9.15. The summed E-state index contributed by atoms with van der Waals surface area (Å²) >= 11 is 0. The highest BCUT2D eigenvalue weighted by atomic mass is 31.1. The van der Waals surface area contributed by atoms with Crippen LogP contribution in [0.5, 0.6) is 0 Å². The highest BCUT2D eigenvalue weighted by molar-refractivity contribution is 7.58. The zero-order valence-electron chi connectivity index (χ0n) is 6.20. The van der Waals surface area contributed by atoms with Gasteiger partial charge < -0.3 is 5.11 Å². The van der Waals surface area contributed by atoms with E-state index in [-0.39, 0.29) is 13.6 Å². The molecule has 1 N–H and O–H groups in total. The Balaban J connectivity index is 3.65. The molecule has 0 aromatic heterocycles. The molecule has 0 saturated heterocycles. The van der Waals surface area contributed by atoms with Crippen LogP contribution in [0.1, 0.15) is 0 Å². The van der Waals surface area contributed by atoms with Gasteiger partial charge in [0.15, 0.2) is 0 Å². The molecule has 0 amide bonds. The molecule has 10 heavy (non-hydrogen) atoms. The largest absolute Gasteiger partial charge is 0.388 e. The normalized spacial score (nSPS) is 16.0. The van der Waals surface area contributed by atoms with Gasteiger partial charge in [0.25, 0.3) is 0 Å². The molecule has 0 aliphatic carbocycles. The van der Waals surface area contributed by atoms with Crippen molar-refractivity contribution >= 4 is 28.3 Å². The van der Waals surface area contributed by atoms with Crippen molar-refractivity contribution in [2.45, 2.75) is 6.10 Å². The molecule has 0 aromatic carbocycles. The Bertz CT molecular complexity index is 152. The van der Waals surface area contributed by atoms with E-state index >= 15 is 0 Å². The van der Waals surface area contributed by atoms with Crippen molar-refractivity contribution in [1.82, 2.24) is 0 Å². The fraction of sp³-hybridized carbons (Fsp3) is 0.429. The van der Waals surface area contributed by atoms with Crippen molar-refractivity contribution in [2.24, 2.45) is 0 Å². The molecule has 2 atom stereocenters. The summed E-state index contributed by atoms with van der Waals surface area (Å²) in [5, 5.41) is 9.15. The fourth-order valence-corrected chi connectivity index (χ4v) is 1.32. The van der Waals surface area contributed by atoms with E-state index in [1.165, 1.54) is 0 Å². The predicted molar refractivity (Wildman–Crippen MR) is 54.0 cm³/mol. The smallest absolute Gasteiger partial charge is 0.113 e. The molecule has 56 valence electrons. The molecular formula is C7H13OP2+. The summed E-state index contributed by atoms with van der Waals surface area (Å²) in [4.78, 5) is 0. The summed E-state index contributed by atoms with van der Waals surface area (Å²) < 4.78 is 0. The number of rotatable bonds is 4. The molecule has 0 spiro atoms. The monoisotopic (exact) mass is 175 g/mol. The molecule has 0 aliphatic rings. The summed E-state index contributed by atoms with van der Waals surface area (Å²) in [6, 6.07) is 0. The molecule has 2 unspecified atom stereocenters. The van der Waals surface area contributed by atoms with Gasteiger partial charge in [0.1, 0.15) is 20.0 Å². The van der Waals surface area contributed by atoms with Crippen LogP contribution in [0.3, 0.4) is 0 Å². The van der Waals surface area contributed by atoms with Crippen molar-refractivity contribution in [3.8, 4) is 0 Å². The van der Waals surface area contributed by atoms with E-state index in [0.717, 1.165) is 14.4 Å². The zero-order valence-corrected chi connectivity index (χ0v) is 7.98. The van der Waals surface area contributed by atoms with Crippen molar-refractivity contribution < 1.29 is 5.11 Å². The van der Waals surface area contributed by atoms with Gasteiger partial charge in [-0.15, -0.1) is 8.20 Å². The highest BCUT2D eigenvalue weighted by Crippen LogP contribution is 2.14. The number of hydrogen-bond acceptors (Lipinski definition) is 1. The fourth-order valence-electron chi connectivity index (χ4n) is 0.439. The third-order valence-corrected chi connectivity index (χ3v) is 2.19. The van der Waals surface area contributed by atoms with Gasteiger partial charge in [0, 0.05) is 6.16 Å². The molecule has 0 bridgehead atoms. The van der Waals surface area contributed by atoms with Gasteiger partial charge in [-0.1, -0.05) is 6.30 Å². The number of aliphatic hydroxyl groups is 1. The van der Waals surface area contributed by atoms with Gasteiger partial charge in [-0.3, -0.25) is 0 Å². The van der Waals surface area contributed by atoms with Crippen LogP contribution in [0.4, 0.5) is 0 Å². The van der Waals surface area contributed by atoms with Gasteiger partial charge >= 0.3 is 0 Å². The second-order valence-corrected chi connectivity index (χ2v) is 4.70. The van der Waals surface area contributed by atoms with Gasteiger partial charge in [0.2, 0.25) is 0 Å². The molecular weight excluding hydrogens is 162 g/mol. The van der Waals surface area contributed by atoms with Gasteiger partial charge in [-0.05, 0) is 6.08 Å². The Kier molecular flexibility index (Phi) is 5.82. The van der Waals surface area contributed by atoms with Crippen LogP contribution in [-0.2, 0) is 0 Å². The van der Waals surface area contributed by atoms with Crippen molar-refractivity contribution in [3.05, 3.63) is 11.9 Å². The second-order valence-electron chi connectivity index (χ2n) is 2.07. The lowest BCUT2D eigenvalue weighted by Gasteiger charge is -1.95. The van der Waals surface area contributed by atoms with E-state index in [4.69, 9.17) is 5.11 Å². The van der Waals surface area contributed by atoms with Crippen molar-refractivity contribution in [2.75, 3.05) is 12.8 Å².